The average molecular weight is 538 g/mol. The maximum atomic E-state index is 6.66. The number of nitrogens with zero attached hydrogens (tertiary/aromatic N) is 1. The van der Waals surface area contributed by atoms with E-state index in [0.717, 1.165) is 50.1 Å². The van der Waals surface area contributed by atoms with Crippen LogP contribution >= 0.6 is 0 Å². The van der Waals surface area contributed by atoms with Gasteiger partial charge in [-0.2, -0.15) is 0 Å². The number of para-hydroxylation sites is 2. The van der Waals surface area contributed by atoms with E-state index in [-0.39, 0.29) is 0 Å². The third-order valence-electron chi connectivity index (χ3n) is 8.05. The molecule has 0 aliphatic heterocycles. The van der Waals surface area contributed by atoms with Crippen molar-refractivity contribution in [3.8, 4) is 22.3 Å². The van der Waals surface area contributed by atoms with Gasteiger partial charge < -0.3 is 9.32 Å². The predicted octanol–water partition coefficient (Wildman–Crippen LogP) is 11.5. The third kappa shape index (κ3) is 4.13. The fourth-order valence-corrected chi connectivity index (χ4v) is 6.03. The van der Waals surface area contributed by atoms with Gasteiger partial charge in [0.05, 0.1) is 5.69 Å². The van der Waals surface area contributed by atoms with Crippen LogP contribution in [0.15, 0.2) is 168 Å². The molecule has 1 heterocycles. The Kier molecular flexibility index (Phi) is 5.82. The lowest BCUT2D eigenvalue weighted by Crippen LogP contribution is -2.11. The van der Waals surface area contributed by atoms with E-state index in [9.17, 15) is 0 Å². The van der Waals surface area contributed by atoms with Crippen LogP contribution in [0.3, 0.4) is 0 Å². The molecule has 0 aliphatic rings. The molecule has 8 aromatic rings. The molecule has 0 atom stereocenters. The van der Waals surface area contributed by atoms with Gasteiger partial charge in [-0.3, -0.25) is 0 Å². The third-order valence-corrected chi connectivity index (χ3v) is 8.05. The fourth-order valence-electron chi connectivity index (χ4n) is 6.03. The first kappa shape index (κ1) is 24.2. The van der Waals surface area contributed by atoms with Gasteiger partial charge in [-0.25, -0.2) is 0 Å². The lowest BCUT2D eigenvalue weighted by Gasteiger charge is -2.28. The zero-order chi connectivity index (χ0) is 27.9. The van der Waals surface area contributed by atoms with E-state index in [0.29, 0.717) is 0 Å². The fraction of sp³-hybridized carbons (Fsp3) is 0. The van der Waals surface area contributed by atoms with Gasteiger partial charge >= 0.3 is 0 Å². The van der Waals surface area contributed by atoms with Crippen molar-refractivity contribution in [1.29, 1.82) is 0 Å². The van der Waals surface area contributed by atoms with E-state index in [1.807, 2.05) is 6.07 Å². The minimum atomic E-state index is 0.894. The Hall–Kier alpha value is -5.60. The van der Waals surface area contributed by atoms with Crippen molar-refractivity contribution in [2.24, 2.45) is 0 Å². The summed E-state index contributed by atoms with van der Waals surface area (Å²) >= 11 is 0. The van der Waals surface area contributed by atoms with Crippen molar-refractivity contribution in [2.75, 3.05) is 4.90 Å². The molecule has 42 heavy (non-hydrogen) atoms. The molecule has 198 valence electrons. The summed E-state index contributed by atoms with van der Waals surface area (Å²) in [5.74, 6) is 0. The molecular weight excluding hydrogens is 510 g/mol. The van der Waals surface area contributed by atoms with Crippen LogP contribution in [0, 0.1) is 0 Å². The largest absolute Gasteiger partial charge is 0.455 e. The number of anilines is 3. The highest BCUT2D eigenvalue weighted by molar-refractivity contribution is 6.13. The topological polar surface area (TPSA) is 16.4 Å². The lowest BCUT2D eigenvalue weighted by atomic mass is 9.96. The Morgan fingerprint density at radius 1 is 0.405 bits per heavy atom. The second-order valence-corrected chi connectivity index (χ2v) is 10.6. The van der Waals surface area contributed by atoms with E-state index in [1.165, 1.54) is 21.9 Å². The molecule has 0 N–H and O–H groups in total. The number of hydrogen-bond acceptors (Lipinski definition) is 2. The van der Waals surface area contributed by atoms with Crippen LogP contribution in [0.2, 0.25) is 0 Å². The molecule has 0 radical (unpaired) electrons. The summed E-state index contributed by atoms with van der Waals surface area (Å²) in [4.78, 5) is 2.34. The molecule has 0 amide bonds. The SMILES string of the molecule is c1ccc(-c2ccc(N(c3ccccc3)c3ccc4c(oc5ccccc54)c3-c3ccc4ccccc4c3)cc2)cc1. The zero-order valence-corrected chi connectivity index (χ0v) is 22.9. The normalized spacial score (nSPS) is 11.3. The Morgan fingerprint density at radius 3 is 1.83 bits per heavy atom. The van der Waals surface area contributed by atoms with E-state index in [2.05, 4.69) is 163 Å². The molecule has 0 saturated carbocycles. The van der Waals surface area contributed by atoms with Crippen molar-refractivity contribution in [2.45, 2.75) is 0 Å². The zero-order valence-electron chi connectivity index (χ0n) is 22.9. The van der Waals surface area contributed by atoms with Gasteiger partial charge in [0.1, 0.15) is 11.2 Å². The second kappa shape index (κ2) is 10.1. The summed E-state index contributed by atoms with van der Waals surface area (Å²) in [5, 5.41) is 4.66. The molecule has 0 unspecified atom stereocenters. The first-order chi connectivity index (χ1) is 20.8. The van der Waals surface area contributed by atoms with Gasteiger partial charge in [0.25, 0.3) is 0 Å². The molecule has 0 fully saturated rings. The minimum absolute atomic E-state index is 0.894. The summed E-state index contributed by atoms with van der Waals surface area (Å²) in [6, 6.07) is 57.9. The van der Waals surface area contributed by atoms with Crippen LogP contribution in [0.5, 0.6) is 0 Å². The van der Waals surface area contributed by atoms with Crippen LogP contribution in [-0.2, 0) is 0 Å². The van der Waals surface area contributed by atoms with E-state index >= 15 is 0 Å². The molecule has 0 spiro atoms. The van der Waals surface area contributed by atoms with Crippen LogP contribution < -0.4 is 4.90 Å². The summed E-state index contributed by atoms with van der Waals surface area (Å²) < 4.78 is 6.66. The molecule has 0 aliphatic carbocycles. The highest BCUT2D eigenvalue weighted by atomic mass is 16.3. The van der Waals surface area contributed by atoms with Gasteiger partial charge in [0, 0.05) is 27.7 Å². The average Bonchev–Trinajstić information content (AvgIpc) is 3.44. The van der Waals surface area contributed by atoms with Crippen molar-refractivity contribution in [1.82, 2.24) is 0 Å². The number of fused-ring (bicyclic) bond motifs is 4. The summed E-state index contributed by atoms with van der Waals surface area (Å²) in [6.45, 7) is 0. The van der Waals surface area contributed by atoms with Gasteiger partial charge in [0.15, 0.2) is 0 Å². The highest BCUT2D eigenvalue weighted by Gasteiger charge is 2.22. The van der Waals surface area contributed by atoms with E-state index in [4.69, 9.17) is 4.42 Å². The first-order valence-corrected chi connectivity index (χ1v) is 14.3. The number of rotatable bonds is 5. The Morgan fingerprint density at radius 2 is 1.02 bits per heavy atom. The molecule has 2 nitrogen and oxygen atoms in total. The van der Waals surface area contributed by atoms with Crippen molar-refractivity contribution in [3.63, 3.8) is 0 Å². The molecule has 1 aromatic heterocycles. The maximum Gasteiger partial charge on any atom is 0.145 e. The van der Waals surface area contributed by atoms with Gasteiger partial charge in [-0.05, 0) is 76.0 Å². The van der Waals surface area contributed by atoms with Gasteiger partial charge in [-0.15, -0.1) is 0 Å². The lowest BCUT2D eigenvalue weighted by molar-refractivity contribution is 0.670. The van der Waals surface area contributed by atoms with Crippen LogP contribution in [0.4, 0.5) is 17.1 Å². The van der Waals surface area contributed by atoms with Gasteiger partial charge in [0.2, 0.25) is 0 Å². The van der Waals surface area contributed by atoms with Crippen molar-refractivity contribution >= 4 is 49.8 Å². The molecule has 8 rings (SSSR count). The minimum Gasteiger partial charge on any atom is -0.455 e. The number of furan rings is 1. The molecular formula is C40H27NO. The monoisotopic (exact) mass is 537 g/mol. The molecule has 2 heteroatoms. The highest BCUT2D eigenvalue weighted by Crippen LogP contribution is 2.47. The Balaban J connectivity index is 1.40. The maximum absolute atomic E-state index is 6.66. The summed E-state index contributed by atoms with van der Waals surface area (Å²) in [6.07, 6.45) is 0. The van der Waals surface area contributed by atoms with E-state index < -0.39 is 0 Å². The summed E-state index contributed by atoms with van der Waals surface area (Å²) in [7, 11) is 0. The Bertz CT molecular complexity index is 2180. The van der Waals surface area contributed by atoms with Gasteiger partial charge in [-0.1, -0.05) is 115 Å². The van der Waals surface area contributed by atoms with Crippen molar-refractivity contribution in [3.05, 3.63) is 164 Å². The number of benzene rings is 7. The van der Waals surface area contributed by atoms with Crippen LogP contribution in [0.1, 0.15) is 0 Å². The second-order valence-electron chi connectivity index (χ2n) is 10.6. The Labute approximate surface area is 244 Å². The predicted molar refractivity (Wildman–Crippen MR) is 177 cm³/mol. The molecule has 0 bridgehead atoms. The number of hydrogen-bond donors (Lipinski definition) is 0. The summed E-state index contributed by atoms with van der Waals surface area (Å²) in [5.41, 5.74) is 9.61. The molecule has 0 saturated heterocycles. The van der Waals surface area contributed by atoms with Crippen LogP contribution in [-0.4, -0.2) is 0 Å². The van der Waals surface area contributed by atoms with E-state index in [1.54, 1.807) is 0 Å². The smallest absolute Gasteiger partial charge is 0.145 e. The first-order valence-electron chi connectivity index (χ1n) is 14.3. The quantitative estimate of drug-likeness (QED) is 0.217. The van der Waals surface area contributed by atoms with Crippen molar-refractivity contribution < 1.29 is 4.42 Å². The van der Waals surface area contributed by atoms with Crippen LogP contribution in [0.25, 0.3) is 55.0 Å². The molecule has 7 aromatic carbocycles. The standard InChI is InChI=1S/C40H27NO/c1-3-11-28(12-4-1)30-21-23-34(24-22-30)41(33-15-5-2-6-16-33)37-26-25-36-35-17-9-10-18-38(35)42-40(36)39(37)32-20-19-29-13-7-8-14-31(29)27-32/h1-27H.